The van der Waals surface area contributed by atoms with Crippen molar-refractivity contribution in [3.63, 3.8) is 0 Å². The molecular weight excluding hydrogens is 220 g/mol. The van der Waals surface area contributed by atoms with Crippen LogP contribution in [0.25, 0.3) is 0 Å². The van der Waals surface area contributed by atoms with Crippen LogP contribution in [0.3, 0.4) is 0 Å². The first kappa shape index (κ1) is 10.3. The summed E-state index contributed by atoms with van der Waals surface area (Å²) in [6.45, 7) is 0. The molecule has 0 bridgehead atoms. The van der Waals surface area contributed by atoms with Gasteiger partial charge in [0.05, 0.1) is 11.5 Å². The van der Waals surface area contributed by atoms with Crippen molar-refractivity contribution in [2.24, 2.45) is 0 Å². The fourth-order valence-electron chi connectivity index (χ4n) is 0.865. The Morgan fingerprint density at radius 3 is 1.67 bits per heavy atom. The molecule has 0 aromatic carbocycles. The van der Waals surface area contributed by atoms with Crippen molar-refractivity contribution in [1.82, 2.24) is 0 Å². The van der Waals surface area contributed by atoms with E-state index in [2.05, 4.69) is 0 Å². The van der Waals surface area contributed by atoms with Crippen LogP contribution in [0.5, 0.6) is 0 Å². The monoisotopic (exact) mass is 230 g/mol. The van der Waals surface area contributed by atoms with Gasteiger partial charge >= 0.3 is 0 Å². The number of rotatable bonds is 0. The average molecular weight is 230 g/mol. The third-order valence-corrected chi connectivity index (χ3v) is 7.46. The van der Waals surface area contributed by atoms with Gasteiger partial charge in [-0.2, -0.15) is 11.8 Å². The minimum absolute atomic E-state index is 0.0170. The number of hydrogen-bond donors (Lipinski definition) is 0. The van der Waals surface area contributed by atoms with Gasteiger partial charge in [0.1, 0.15) is 0 Å². The van der Waals surface area contributed by atoms with Crippen molar-refractivity contribution in [3.8, 4) is 0 Å². The third-order valence-electron chi connectivity index (χ3n) is 1.44. The largest absolute Gasteiger partial charge is 0.228 e. The molecule has 0 unspecified atom stereocenters. The molecular formula is C5H10O4S3. The second-order valence-electron chi connectivity index (χ2n) is 2.63. The normalized spacial score (nSPS) is 28.7. The summed E-state index contributed by atoms with van der Waals surface area (Å²) in [7, 11) is -6.72. The van der Waals surface area contributed by atoms with Gasteiger partial charge in [0.25, 0.3) is 0 Å². The first-order valence-corrected chi connectivity index (χ1v) is 8.20. The van der Waals surface area contributed by atoms with Crippen LogP contribution in [-0.4, -0.2) is 44.9 Å². The lowest BCUT2D eigenvalue weighted by Gasteiger charge is -2.09. The second kappa shape index (κ2) is 3.55. The Bertz CT molecular complexity index is 305. The molecule has 0 radical (unpaired) electrons. The minimum atomic E-state index is -3.36. The Morgan fingerprint density at radius 2 is 1.25 bits per heavy atom. The van der Waals surface area contributed by atoms with Gasteiger partial charge in [-0.25, -0.2) is 16.8 Å². The van der Waals surface area contributed by atoms with Gasteiger partial charge in [-0.1, -0.05) is 0 Å². The zero-order valence-electron chi connectivity index (χ0n) is 6.39. The van der Waals surface area contributed by atoms with Crippen LogP contribution in [0.4, 0.5) is 0 Å². The summed E-state index contributed by atoms with van der Waals surface area (Å²) in [5, 5.41) is -0.666. The molecule has 1 aliphatic heterocycles. The summed E-state index contributed by atoms with van der Waals surface area (Å²) < 4.78 is 44.2. The molecule has 1 rings (SSSR count). The van der Waals surface area contributed by atoms with E-state index in [0.29, 0.717) is 11.5 Å². The van der Waals surface area contributed by atoms with E-state index >= 15 is 0 Å². The lowest BCUT2D eigenvalue weighted by molar-refractivity contribution is 0.590. The topological polar surface area (TPSA) is 68.3 Å². The van der Waals surface area contributed by atoms with Gasteiger partial charge in [0, 0.05) is 11.5 Å². The SMILES string of the molecule is O=S1(=O)CCSCCS(=O)(=O)C1. The third kappa shape index (κ3) is 3.32. The van der Waals surface area contributed by atoms with Gasteiger partial charge in [-0.15, -0.1) is 0 Å². The Kier molecular flexibility index (Phi) is 3.06. The van der Waals surface area contributed by atoms with Crippen molar-refractivity contribution in [3.05, 3.63) is 0 Å². The van der Waals surface area contributed by atoms with Gasteiger partial charge in [0.2, 0.25) is 0 Å². The number of hydrogen-bond acceptors (Lipinski definition) is 5. The van der Waals surface area contributed by atoms with E-state index in [1.54, 1.807) is 0 Å². The maximum absolute atomic E-state index is 11.0. The molecule has 0 spiro atoms. The highest BCUT2D eigenvalue weighted by molar-refractivity contribution is 8.10. The van der Waals surface area contributed by atoms with Gasteiger partial charge in [-0.05, 0) is 0 Å². The highest BCUT2D eigenvalue weighted by atomic mass is 32.3. The summed E-state index contributed by atoms with van der Waals surface area (Å²) in [4.78, 5) is 0. The Balaban J connectivity index is 2.86. The van der Waals surface area contributed by atoms with E-state index in [0.717, 1.165) is 0 Å². The summed E-state index contributed by atoms with van der Waals surface area (Å²) in [6.07, 6.45) is 0. The van der Waals surface area contributed by atoms with E-state index in [9.17, 15) is 16.8 Å². The lowest BCUT2D eigenvalue weighted by atomic mass is 10.9. The molecule has 0 aromatic rings. The molecule has 0 N–H and O–H groups in total. The molecule has 72 valence electrons. The van der Waals surface area contributed by atoms with E-state index in [4.69, 9.17) is 0 Å². The molecule has 7 heteroatoms. The summed E-state index contributed by atoms with van der Waals surface area (Å²) in [5.41, 5.74) is 0. The van der Waals surface area contributed by atoms with Crippen molar-refractivity contribution >= 4 is 31.4 Å². The maximum atomic E-state index is 11.0. The number of sulfone groups is 2. The van der Waals surface area contributed by atoms with Crippen LogP contribution in [0.2, 0.25) is 0 Å². The standard InChI is InChI=1S/C5H10O4S3/c6-11(7)3-1-10-2-4-12(8,9)5-11/h1-5H2. The first-order chi connectivity index (χ1) is 5.41. The van der Waals surface area contributed by atoms with E-state index < -0.39 is 24.8 Å². The highest BCUT2D eigenvalue weighted by Gasteiger charge is 2.23. The van der Waals surface area contributed by atoms with E-state index in [-0.39, 0.29) is 11.5 Å². The van der Waals surface area contributed by atoms with Crippen molar-refractivity contribution in [2.45, 2.75) is 0 Å². The second-order valence-corrected chi connectivity index (χ2v) is 8.58. The molecule has 4 nitrogen and oxygen atoms in total. The predicted octanol–water partition coefficient (Wildman–Crippen LogP) is -0.480. The van der Waals surface area contributed by atoms with Crippen molar-refractivity contribution in [2.75, 3.05) is 28.1 Å². The summed E-state index contributed by atoms with van der Waals surface area (Å²) >= 11 is 1.38. The molecule has 1 fully saturated rings. The Morgan fingerprint density at radius 1 is 0.833 bits per heavy atom. The van der Waals surface area contributed by atoms with Gasteiger partial charge < -0.3 is 0 Å². The van der Waals surface area contributed by atoms with Gasteiger partial charge in [0.15, 0.2) is 24.8 Å². The zero-order chi connectivity index (χ0) is 9.24. The molecule has 1 saturated heterocycles. The Labute approximate surface area is 76.6 Å². The summed E-state index contributed by atoms with van der Waals surface area (Å²) in [6, 6.07) is 0. The van der Waals surface area contributed by atoms with E-state index in [1.165, 1.54) is 11.8 Å². The zero-order valence-corrected chi connectivity index (χ0v) is 8.84. The highest BCUT2D eigenvalue weighted by Crippen LogP contribution is 2.11. The van der Waals surface area contributed by atoms with Crippen LogP contribution in [-0.2, 0) is 19.7 Å². The minimum Gasteiger partial charge on any atom is -0.228 e. The molecule has 0 aliphatic carbocycles. The Hall–Kier alpha value is 0.250. The van der Waals surface area contributed by atoms with Crippen LogP contribution < -0.4 is 0 Å². The molecule has 0 atom stereocenters. The van der Waals surface area contributed by atoms with Crippen LogP contribution >= 0.6 is 11.8 Å². The lowest BCUT2D eigenvalue weighted by Crippen LogP contribution is -2.25. The molecule has 12 heavy (non-hydrogen) atoms. The molecule has 0 saturated carbocycles. The van der Waals surface area contributed by atoms with E-state index in [1.807, 2.05) is 0 Å². The van der Waals surface area contributed by atoms with Gasteiger partial charge in [-0.3, -0.25) is 0 Å². The van der Waals surface area contributed by atoms with Crippen molar-refractivity contribution in [1.29, 1.82) is 0 Å². The fourth-order valence-corrected chi connectivity index (χ4v) is 7.18. The molecule has 0 amide bonds. The smallest absolute Gasteiger partial charge is 0.165 e. The van der Waals surface area contributed by atoms with Crippen LogP contribution in [0, 0.1) is 0 Å². The molecule has 0 aromatic heterocycles. The molecule has 1 heterocycles. The molecule has 1 aliphatic rings. The quantitative estimate of drug-likeness (QED) is 0.562. The van der Waals surface area contributed by atoms with Crippen LogP contribution in [0.1, 0.15) is 0 Å². The maximum Gasteiger partial charge on any atom is 0.165 e. The number of thioether (sulfide) groups is 1. The van der Waals surface area contributed by atoms with Crippen molar-refractivity contribution < 1.29 is 16.8 Å². The van der Waals surface area contributed by atoms with Crippen LogP contribution in [0.15, 0.2) is 0 Å². The average Bonchev–Trinajstić information content (AvgIpc) is 1.80. The summed E-state index contributed by atoms with van der Waals surface area (Å²) in [5.74, 6) is 0.990. The fraction of sp³-hybridized carbons (Fsp3) is 1.00. The predicted molar refractivity (Wildman–Crippen MR) is 49.8 cm³/mol. The first-order valence-electron chi connectivity index (χ1n) is 3.40.